The first-order chi connectivity index (χ1) is 14.0. The number of carboxylic acid groups (broad SMARTS) is 1. The summed E-state index contributed by atoms with van der Waals surface area (Å²) in [4.78, 5) is 26.9. The van der Waals surface area contributed by atoms with Crippen LogP contribution in [0.2, 0.25) is 0 Å². The number of hydrogen-bond acceptors (Lipinski definition) is 3. The van der Waals surface area contributed by atoms with Crippen molar-refractivity contribution in [3.63, 3.8) is 0 Å². The van der Waals surface area contributed by atoms with E-state index in [-0.39, 0.29) is 24.7 Å². The fourth-order valence-electron chi connectivity index (χ4n) is 5.77. The van der Waals surface area contributed by atoms with Crippen LogP contribution in [0.4, 0.5) is 4.79 Å². The maximum Gasteiger partial charge on any atom is 0.410 e. The summed E-state index contributed by atoms with van der Waals surface area (Å²) in [6.45, 7) is 6.86. The molecule has 1 aromatic carbocycles. The lowest BCUT2D eigenvalue weighted by Gasteiger charge is -2.50. The first-order valence-corrected chi connectivity index (χ1v) is 10.5. The summed E-state index contributed by atoms with van der Waals surface area (Å²) in [6.07, 6.45) is 4.89. The van der Waals surface area contributed by atoms with Gasteiger partial charge in [0.2, 0.25) is 0 Å². The fourth-order valence-corrected chi connectivity index (χ4v) is 5.77. The number of likely N-dealkylation sites (tertiary alicyclic amines) is 1. The number of nitrogens with zero attached hydrogens (tertiary/aromatic N) is 1. The maximum atomic E-state index is 13.1. The molecule has 1 aliphatic heterocycles. The molecule has 1 saturated heterocycles. The average Bonchev–Trinajstić information content (AvgIpc) is 2.85. The van der Waals surface area contributed by atoms with Crippen LogP contribution in [-0.4, -0.2) is 34.7 Å². The Kier molecular flexibility index (Phi) is 5.48. The smallest absolute Gasteiger partial charge is 0.410 e. The number of rotatable bonds is 4. The minimum absolute atomic E-state index is 0.0162. The van der Waals surface area contributed by atoms with Gasteiger partial charge < -0.3 is 14.7 Å². The molecule has 1 heterocycles. The first kappa shape index (κ1) is 19.7. The predicted octanol–water partition coefficient (Wildman–Crippen LogP) is 4.65. The second-order valence-electron chi connectivity index (χ2n) is 8.84. The zero-order valence-corrected chi connectivity index (χ0v) is 16.9. The molecule has 154 valence electrons. The van der Waals surface area contributed by atoms with Crippen molar-refractivity contribution in [1.82, 2.24) is 4.90 Å². The van der Waals surface area contributed by atoms with Gasteiger partial charge in [0.15, 0.2) is 0 Å². The Morgan fingerprint density at radius 2 is 2.00 bits per heavy atom. The van der Waals surface area contributed by atoms with Crippen molar-refractivity contribution in [2.45, 2.75) is 45.3 Å². The van der Waals surface area contributed by atoms with Crippen molar-refractivity contribution < 1.29 is 19.4 Å². The summed E-state index contributed by atoms with van der Waals surface area (Å²) in [5, 5.41) is 9.82. The van der Waals surface area contributed by atoms with Gasteiger partial charge in [0.05, 0.1) is 0 Å². The lowest BCUT2D eigenvalue weighted by atomic mass is 9.66. The molecule has 4 rings (SSSR count). The van der Waals surface area contributed by atoms with E-state index in [0.29, 0.717) is 36.3 Å². The molecule has 1 amide bonds. The number of ether oxygens (including phenoxy) is 1. The largest absolute Gasteiger partial charge is 0.478 e. The van der Waals surface area contributed by atoms with Crippen molar-refractivity contribution in [2.24, 2.45) is 23.7 Å². The molecule has 5 nitrogen and oxygen atoms in total. The first-order valence-electron chi connectivity index (χ1n) is 10.5. The van der Waals surface area contributed by atoms with Crippen molar-refractivity contribution in [3.05, 3.63) is 59.7 Å². The SMILES string of the molecule is C=CC1=C(C(=O)O)C[C@@H]2C[C@@H](C)C[C@H]3[C@@H]2C[C@@H]1CN3C(=O)OCc1ccccc1. The Hall–Kier alpha value is -2.56. The minimum atomic E-state index is -0.847. The van der Waals surface area contributed by atoms with Gasteiger partial charge in [-0.1, -0.05) is 49.9 Å². The molecule has 0 radical (unpaired) electrons. The maximum absolute atomic E-state index is 13.1. The van der Waals surface area contributed by atoms with Crippen LogP contribution >= 0.6 is 0 Å². The number of allylic oxidation sites excluding steroid dienone is 1. The molecule has 2 aliphatic carbocycles. The van der Waals surface area contributed by atoms with Crippen molar-refractivity contribution >= 4 is 12.1 Å². The highest BCUT2D eigenvalue weighted by Crippen LogP contribution is 2.50. The molecule has 1 saturated carbocycles. The van der Waals surface area contributed by atoms with E-state index in [0.717, 1.165) is 30.4 Å². The average molecular weight is 395 g/mol. The number of fused-ring (bicyclic) bond motifs is 1. The summed E-state index contributed by atoms with van der Waals surface area (Å²) in [5.41, 5.74) is 2.26. The zero-order valence-electron chi connectivity index (χ0n) is 16.9. The van der Waals surface area contributed by atoms with E-state index in [1.165, 1.54) is 0 Å². The van der Waals surface area contributed by atoms with Crippen LogP contribution in [0.15, 0.2) is 54.1 Å². The fraction of sp³-hybridized carbons (Fsp3) is 0.500. The third kappa shape index (κ3) is 3.83. The molecule has 1 N–H and O–H groups in total. The third-order valence-electron chi connectivity index (χ3n) is 7.00. The summed E-state index contributed by atoms with van der Waals surface area (Å²) < 4.78 is 5.67. The van der Waals surface area contributed by atoms with Crippen LogP contribution < -0.4 is 0 Å². The Bertz CT molecular complexity index is 831. The Morgan fingerprint density at radius 3 is 2.69 bits per heavy atom. The second-order valence-corrected chi connectivity index (χ2v) is 8.84. The summed E-state index contributed by atoms with van der Waals surface area (Å²) in [6, 6.07) is 9.82. The van der Waals surface area contributed by atoms with Crippen LogP contribution in [-0.2, 0) is 16.1 Å². The summed E-state index contributed by atoms with van der Waals surface area (Å²) >= 11 is 0. The highest BCUT2D eigenvalue weighted by Gasteiger charge is 2.49. The highest BCUT2D eigenvalue weighted by atomic mass is 16.6. The third-order valence-corrected chi connectivity index (χ3v) is 7.00. The van der Waals surface area contributed by atoms with E-state index in [1.807, 2.05) is 35.2 Å². The number of carbonyl (C=O) groups excluding carboxylic acids is 1. The van der Waals surface area contributed by atoms with Crippen LogP contribution in [0.5, 0.6) is 0 Å². The number of piperidine rings is 1. The molecule has 5 atom stereocenters. The van der Waals surface area contributed by atoms with Gasteiger partial charge in [-0.25, -0.2) is 9.59 Å². The van der Waals surface area contributed by atoms with Crippen LogP contribution in [0.25, 0.3) is 0 Å². The van der Waals surface area contributed by atoms with Crippen molar-refractivity contribution in [2.75, 3.05) is 6.54 Å². The predicted molar refractivity (Wildman–Crippen MR) is 110 cm³/mol. The van der Waals surface area contributed by atoms with E-state index in [4.69, 9.17) is 4.74 Å². The lowest BCUT2D eigenvalue weighted by molar-refractivity contribution is -0.133. The van der Waals surface area contributed by atoms with E-state index < -0.39 is 5.97 Å². The summed E-state index contributed by atoms with van der Waals surface area (Å²) in [7, 11) is 0. The Balaban J connectivity index is 1.61. The molecule has 3 aliphatic rings. The quantitative estimate of drug-likeness (QED) is 0.806. The Labute approximate surface area is 172 Å². The second kappa shape index (κ2) is 8.05. The van der Waals surface area contributed by atoms with Gasteiger partial charge in [-0.2, -0.15) is 0 Å². The molecule has 2 fully saturated rings. The molecular formula is C24H29NO4. The van der Waals surface area contributed by atoms with Gasteiger partial charge >= 0.3 is 12.1 Å². The normalized spacial score (nSPS) is 31.1. The number of aliphatic carboxylic acids is 1. The number of amides is 1. The molecule has 2 bridgehead atoms. The molecule has 1 aromatic rings. The number of carbonyl (C=O) groups is 2. The van der Waals surface area contributed by atoms with E-state index in [1.54, 1.807) is 6.08 Å². The molecule has 0 spiro atoms. The van der Waals surface area contributed by atoms with Crippen molar-refractivity contribution in [3.8, 4) is 0 Å². The monoisotopic (exact) mass is 395 g/mol. The Morgan fingerprint density at radius 1 is 1.24 bits per heavy atom. The van der Waals surface area contributed by atoms with Gasteiger partial charge in [0.1, 0.15) is 6.61 Å². The molecule has 0 unspecified atom stereocenters. The topological polar surface area (TPSA) is 66.8 Å². The lowest BCUT2D eigenvalue weighted by Crippen LogP contribution is -2.55. The van der Waals surface area contributed by atoms with Gasteiger partial charge in [0, 0.05) is 24.1 Å². The number of benzene rings is 1. The molecule has 0 aromatic heterocycles. The number of carboxylic acids is 1. The van der Waals surface area contributed by atoms with Gasteiger partial charge in [-0.15, -0.1) is 0 Å². The van der Waals surface area contributed by atoms with E-state index >= 15 is 0 Å². The van der Waals surface area contributed by atoms with Crippen molar-refractivity contribution in [1.29, 1.82) is 0 Å². The standard InChI is InChI=1S/C24H29NO4/c1-3-19-18-12-20-17(11-21(19)23(26)27)9-15(2)10-22(20)25(13-18)24(28)29-14-16-7-5-4-6-8-16/h3-8,15,17-18,20,22H,1,9-14H2,2H3,(H,26,27)/t15-,17+,18-,20-,22+/m1/s1. The molecular weight excluding hydrogens is 366 g/mol. The minimum Gasteiger partial charge on any atom is -0.478 e. The van der Waals surface area contributed by atoms with E-state index in [2.05, 4.69) is 13.5 Å². The van der Waals surface area contributed by atoms with E-state index in [9.17, 15) is 14.7 Å². The van der Waals surface area contributed by atoms with Crippen LogP contribution in [0.1, 0.15) is 38.2 Å². The molecule has 5 heteroatoms. The summed E-state index contributed by atoms with van der Waals surface area (Å²) in [5.74, 6) is 0.242. The van der Waals surface area contributed by atoms with Gasteiger partial charge in [-0.3, -0.25) is 0 Å². The number of hydrogen-bond donors (Lipinski definition) is 1. The van der Waals surface area contributed by atoms with Crippen LogP contribution in [0.3, 0.4) is 0 Å². The zero-order chi connectivity index (χ0) is 20.5. The van der Waals surface area contributed by atoms with Crippen LogP contribution in [0, 0.1) is 23.7 Å². The van der Waals surface area contributed by atoms with Gasteiger partial charge in [-0.05, 0) is 54.6 Å². The van der Waals surface area contributed by atoms with Gasteiger partial charge in [0.25, 0.3) is 0 Å². The molecule has 29 heavy (non-hydrogen) atoms. The highest BCUT2D eigenvalue weighted by molar-refractivity contribution is 5.88.